The van der Waals surface area contributed by atoms with Crippen molar-refractivity contribution in [2.24, 2.45) is 11.5 Å². The average molecular weight is 194 g/mol. The van der Waals surface area contributed by atoms with E-state index in [-0.39, 0.29) is 0 Å². The summed E-state index contributed by atoms with van der Waals surface area (Å²) in [5.41, 5.74) is 13.1. The van der Waals surface area contributed by atoms with Gasteiger partial charge >= 0.3 is 0 Å². The van der Waals surface area contributed by atoms with Crippen molar-refractivity contribution < 1.29 is 0 Å². The molecule has 4 N–H and O–H groups in total. The minimum Gasteiger partial charge on any atom is -0.330 e. The molecule has 0 saturated heterocycles. The highest BCUT2D eigenvalue weighted by Crippen LogP contribution is 2.06. The lowest BCUT2D eigenvalue weighted by Crippen LogP contribution is -2.07. The molecule has 0 amide bonds. The molecule has 0 fully saturated rings. The van der Waals surface area contributed by atoms with Gasteiger partial charge in [-0.1, -0.05) is 0 Å². The molecule has 1 heterocycles. The molecule has 4 heteroatoms. The SMILES string of the molecule is NCCCc1nccnc1CCCN. The molecule has 0 unspecified atom stereocenters. The quantitative estimate of drug-likeness (QED) is 0.681. The monoisotopic (exact) mass is 194 g/mol. The summed E-state index contributed by atoms with van der Waals surface area (Å²) in [5, 5.41) is 0. The van der Waals surface area contributed by atoms with Crippen LogP contribution in [0.1, 0.15) is 24.2 Å². The van der Waals surface area contributed by atoms with Crippen molar-refractivity contribution in [1.82, 2.24) is 9.97 Å². The normalized spacial score (nSPS) is 10.4. The third kappa shape index (κ3) is 3.40. The van der Waals surface area contributed by atoms with Gasteiger partial charge in [0.2, 0.25) is 0 Å². The Bertz CT molecular complexity index is 235. The van der Waals surface area contributed by atoms with Crippen LogP contribution in [0.3, 0.4) is 0 Å². The second-order valence-electron chi connectivity index (χ2n) is 3.23. The first kappa shape index (κ1) is 11.1. The highest BCUT2D eigenvalue weighted by Gasteiger charge is 2.03. The molecule has 0 radical (unpaired) electrons. The van der Waals surface area contributed by atoms with Gasteiger partial charge in [-0.3, -0.25) is 9.97 Å². The first-order chi connectivity index (χ1) is 6.88. The van der Waals surface area contributed by atoms with Crippen LogP contribution in [0, 0.1) is 0 Å². The Morgan fingerprint density at radius 3 is 1.64 bits per heavy atom. The lowest BCUT2D eigenvalue weighted by molar-refractivity contribution is 0.748. The topological polar surface area (TPSA) is 77.8 Å². The van der Waals surface area contributed by atoms with Crippen LogP contribution in [-0.2, 0) is 12.8 Å². The van der Waals surface area contributed by atoms with Crippen molar-refractivity contribution in [3.8, 4) is 0 Å². The van der Waals surface area contributed by atoms with E-state index in [4.69, 9.17) is 11.5 Å². The van der Waals surface area contributed by atoms with Crippen LogP contribution in [0.25, 0.3) is 0 Å². The molecule has 0 bridgehead atoms. The molecule has 0 aliphatic heterocycles. The van der Waals surface area contributed by atoms with Crippen molar-refractivity contribution in [1.29, 1.82) is 0 Å². The summed E-state index contributed by atoms with van der Waals surface area (Å²) in [6, 6.07) is 0. The Hall–Kier alpha value is -1.00. The van der Waals surface area contributed by atoms with E-state index in [1.807, 2.05) is 0 Å². The van der Waals surface area contributed by atoms with Crippen LogP contribution in [-0.4, -0.2) is 23.1 Å². The number of nitrogens with two attached hydrogens (primary N) is 2. The van der Waals surface area contributed by atoms with Crippen molar-refractivity contribution >= 4 is 0 Å². The summed E-state index contributed by atoms with van der Waals surface area (Å²) in [7, 11) is 0. The molecule has 0 aliphatic rings. The first-order valence-corrected chi connectivity index (χ1v) is 5.07. The summed E-state index contributed by atoms with van der Waals surface area (Å²) in [6.07, 6.45) is 7.24. The highest BCUT2D eigenvalue weighted by atomic mass is 14.8. The van der Waals surface area contributed by atoms with E-state index in [1.54, 1.807) is 12.4 Å². The molecule has 0 saturated carbocycles. The number of hydrogen-bond acceptors (Lipinski definition) is 4. The molecule has 0 spiro atoms. The van der Waals surface area contributed by atoms with Gasteiger partial charge in [0.25, 0.3) is 0 Å². The molecule has 1 aromatic rings. The van der Waals surface area contributed by atoms with Gasteiger partial charge in [0.1, 0.15) is 0 Å². The largest absolute Gasteiger partial charge is 0.330 e. The molecular formula is C10H18N4. The van der Waals surface area contributed by atoms with E-state index in [2.05, 4.69) is 9.97 Å². The van der Waals surface area contributed by atoms with Crippen molar-refractivity contribution in [2.45, 2.75) is 25.7 Å². The van der Waals surface area contributed by atoms with Gasteiger partial charge in [-0.15, -0.1) is 0 Å². The van der Waals surface area contributed by atoms with Gasteiger partial charge in [-0.2, -0.15) is 0 Å². The van der Waals surface area contributed by atoms with E-state index >= 15 is 0 Å². The summed E-state index contributed by atoms with van der Waals surface area (Å²) in [5.74, 6) is 0. The van der Waals surface area contributed by atoms with Crippen LogP contribution < -0.4 is 11.5 Å². The minimum absolute atomic E-state index is 0.701. The third-order valence-electron chi connectivity index (χ3n) is 2.10. The van der Waals surface area contributed by atoms with E-state index in [1.165, 1.54) is 0 Å². The number of aromatic nitrogens is 2. The van der Waals surface area contributed by atoms with Gasteiger partial charge in [-0.05, 0) is 38.8 Å². The zero-order valence-electron chi connectivity index (χ0n) is 8.45. The second kappa shape index (κ2) is 6.45. The molecule has 0 aromatic carbocycles. The van der Waals surface area contributed by atoms with E-state index in [0.717, 1.165) is 37.1 Å². The van der Waals surface area contributed by atoms with E-state index in [9.17, 15) is 0 Å². The average Bonchev–Trinajstić information content (AvgIpc) is 2.24. The number of nitrogens with zero attached hydrogens (tertiary/aromatic N) is 2. The minimum atomic E-state index is 0.701. The lowest BCUT2D eigenvalue weighted by atomic mass is 10.1. The Morgan fingerprint density at radius 1 is 0.857 bits per heavy atom. The van der Waals surface area contributed by atoms with Gasteiger partial charge in [0, 0.05) is 12.4 Å². The zero-order valence-corrected chi connectivity index (χ0v) is 8.45. The maximum atomic E-state index is 5.46. The van der Waals surface area contributed by atoms with Gasteiger partial charge in [-0.25, -0.2) is 0 Å². The third-order valence-corrected chi connectivity index (χ3v) is 2.10. The maximum absolute atomic E-state index is 5.46. The Kier molecular flexibility index (Phi) is 5.11. The molecule has 0 aliphatic carbocycles. The molecular weight excluding hydrogens is 176 g/mol. The van der Waals surface area contributed by atoms with Crippen molar-refractivity contribution in [2.75, 3.05) is 13.1 Å². The molecule has 1 aromatic heterocycles. The predicted octanol–water partition coefficient (Wildman–Crippen LogP) is 0.259. The number of rotatable bonds is 6. The Balaban J connectivity index is 2.60. The fourth-order valence-electron chi connectivity index (χ4n) is 1.35. The molecule has 78 valence electrons. The van der Waals surface area contributed by atoms with E-state index < -0.39 is 0 Å². The molecule has 14 heavy (non-hydrogen) atoms. The zero-order chi connectivity index (χ0) is 10.2. The lowest BCUT2D eigenvalue weighted by Gasteiger charge is -2.05. The summed E-state index contributed by atoms with van der Waals surface area (Å²) < 4.78 is 0. The molecule has 0 atom stereocenters. The highest BCUT2D eigenvalue weighted by molar-refractivity contribution is 5.10. The Labute approximate surface area is 84.7 Å². The van der Waals surface area contributed by atoms with Gasteiger partial charge < -0.3 is 11.5 Å². The standard InChI is InChI=1S/C10H18N4/c11-5-1-3-9-10(4-2-6-12)14-8-7-13-9/h7-8H,1-6,11-12H2. The molecule has 4 nitrogen and oxygen atoms in total. The van der Waals surface area contributed by atoms with Crippen LogP contribution in [0.2, 0.25) is 0 Å². The Morgan fingerprint density at radius 2 is 1.29 bits per heavy atom. The van der Waals surface area contributed by atoms with Crippen LogP contribution in [0.4, 0.5) is 0 Å². The second-order valence-corrected chi connectivity index (χ2v) is 3.23. The predicted molar refractivity (Wildman–Crippen MR) is 56.8 cm³/mol. The summed E-state index contributed by atoms with van der Waals surface area (Å²) in [4.78, 5) is 8.62. The van der Waals surface area contributed by atoms with Crippen molar-refractivity contribution in [3.05, 3.63) is 23.8 Å². The van der Waals surface area contributed by atoms with Gasteiger partial charge in [0.05, 0.1) is 11.4 Å². The van der Waals surface area contributed by atoms with Crippen LogP contribution in [0.5, 0.6) is 0 Å². The number of aryl methyl sites for hydroxylation is 2. The van der Waals surface area contributed by atoms with E-state index in [0.29, 0.717) is 13.1 Å². The summed E-state index contributed by atoms with van der Waals surface area (Å²) in [6.45, 7) is 1.40. The fourth-order valence-corrected chi connectivity index (χ4v) is 1.35. The number of hydrogen-bond donors (Lipinski definition) is 2. The fraction of sp³-hybridized carbons (Fsp3) is 0.600. The van der Waals surface area contributed by atoms with Gasteiger partial charge in [0.15, 0.2) is 0 Å². The van der Waals surface area contributed by atoms with Crippen molar-refractivity contribution in [3.63, 3.8) is 0 Å². The van der Waals surface area contributed by atoms with Crippen LogP contribution in [0.15, 0.2) is 12.4 Å². The first-order valence-electron chi connectivity index (χ1n) is 5.07. The smallest absolute Gasteiger partial charge is 0.0619 e. The molecule has 1 rings (SSSR count). The maximum Gasteiger partial charge on any atom is 0.0619 e. The van der Waals surface area contributed by atoms with Crippen LogP contribution >= 0.6 is 0 Å². The summed E-state index contributed by atoms with van der Waals surface area (Å²) >= 11 is 0.